The number of aromatic nitrogens is 2. The summed E-state index contributed by atoms with van der Waals surface area (Å²) >= 11 is 6.06. The lowest BCUT2D eigenvalue weighted by Gasteiger charge is -2.13. The molecule has 12 heteroatoms. The maximum absolute atomic E-state index is 12.7. The van der Waals surface area contributed by atoms with Gasteiger partial charge in [0.1, 0.15) is 10.8 Å². The van der Waals surface area contributed by atoms with Gasteiger partial charge in [-0.25, -0.2) is 0 Å². The third kappa shape index (κ3) is 5.81. The molecule has 2 heterocycles. The highest BCUT2D eigenvalue weighted by Crippen LogP contribution is 2.30. The summed E-state index contributed by atoms with van der Waals surface area (Å²) < 4.78 is 45.5. The lowest BCUT2D eigenvalue weighted by atomic mass is 10.0. The van der Waals surface area contributed by atoms with Crippen LogP contribution in [0.1, 0.15) is 11.4 Å². The molecule has 164 valence electrons. The van der Waals surface area contributed by atoms with Crippen LogP contribution in [0.15, 0.2) is 47.4 Å². The van der Waals surface area contributed by atoms with Gasteiger partial charge in [0.15, 0.2) is 0 Å². The molecule has 0 atom stereocenters. The third-order valence-corrected chi connectivity index (χ3v) is 4.97. The minimum Gasteiger partial charge on any atom is -0.406 e. The topological polar surface area (TPSA) is 105 Å². The number of aromatic amines is 1. The molecule has 0 fully saturated rings. The summed E-state index contributed by atoms with van der Waals surface area (Å²) in [6, 6.07) is 8.34. The molecule has 0 aliphatic carbocycles. The SMILES string of the molecule is Cc1[nH]c(COP(O)O)c(-c2ccc(-c3ccc(OC(F)(F)F)cc3)nc2)c(=O)c1Cl. The first-order valence-electron chi connectivity index (χ1n) is 8.60. The molecule has 0 saturated heterocycles. The van der Waals surface area contributed by atoms with E-state index in [0.717, 1.165) is 0 Å². The summed E-state index contributed by atoms with van der Waals surface area (Å²) in [6.45, 7) is 1.31. The second-order valence-electron chi connectivity index (χ2n) is 6.28. The molecule has 3 rings (SSSR count). The molecule has 0 unspecified atom stereocenters. The summed E-state index contributed by atoms with van der Waals surface area (Å²) in [7, 11) is -2.63. The summed E-state index contributed by atoms with van der Waals surface area (Å²) in [4.78, 5) is 37.9. The van der Waals surface area contributed by atoms with Crippen molar-refractivity contribution in [2.75, 3.05) is 0 Å². The number of pyridine rings is 2. The zero-order chi connectivity index (χ0) is 22.8. The second kappa shape index (κ2) is 9.33. The van der Waals surface area contributed by atoms with E-state index in [4.69, 9.17) is 25.9 Å². The Labute approximate surface area is 180 Å². The van der Waals surface area contributed by atoms with Crippen molar-refractivity contribution in [3.63, 3.8) is 0 Å². The van der Waals surface area contributed by atoms with Crippen molar-refractivity contribution >= 4 is 20.2 Å². The quantitative estimate of drug-likeness (QED) is 0.448. The van der Waals surface area contributed by atoms with Crippen LogP contribution < -0.4 is 10.2 Å². The van der Waals surface area contributed by atoms with Crippen molar-refractivity contribution in [2.45, 2.75) is 19.9 Å². The smallest absolute Gasteiger partial charge is 0.406 e. The molecular formula is C19H15ClF3N2O5P. The Bertz CT molecular complexity index is 1120. The average molecular weight is 475 g/mol. The van der Waals surface area contributed by atoms with E-state index in [-0.39, 0.29) is 28.6 Å². The first-order chi connectivity index (χ1) is 14.5. The number of rotatable bonds is 6. The Morgan fingerprint density at radius 1 is 1.13 bits per heavy atom. The highest BCUT2D eigenvalue weighted by Gasteiger charge is 2.31. The predicted molar refractivity (Wildman–Crippen MR) is 108 cm³/mol. The molecule has 31 heavy (non-hydrogen) atoms. The average Bonchev–Trinajstić information content (AvgIpc) is 2.70. The molecule has 0 spiro atoms. The van der Waals surface area contributed by atoms with Gasteiger partial charge in [0, 0.05) is 23.0 Å². The molecule has 3 N–H and O–H groups in total. The molecule has 0 amide bonds. The number of nitrogens with one attached hydrogen (secondary N) is 1. The van der Waals surface area contributed by atoms with Gasteiger partial charge in [0.05, 0.1) is 23.6 Å². The van der Waals surface area contributed by atoms with Gasteiger partial charge in [-0.05, 0) is 37.3 Å². The van der Waals surface area contributed by atoms with Gasteiger partial charge in [-0.1, -0.05) is 17.7 Å². The molecule has 2 aromatic heterocycles. The van der Waals surface area contributed by atoms with Gasteiger partial charge in [0.25, 0.3) is 0 Å². The number of H-pyrrole nitrogens is 1. The van der Waals surface area contributed by atoms with Crippen LogP contribution in [-0.4, -0.2) is 26.1 Å². The van der Waals surface area contributed by atoms with Crippen molar-refractivity contribution in [2.24, 2.45) is 0 Å². The summed E-state index contributed by atoms with van der Waals surface area (Å²) in [5, 5.41) is -0.0293. The number of nitrogens with zero attached hydrogens (tertiary/aromatic N) is 1. The van der Waals surface area contributed by atoms with Gasteiger partial charge in [-0.3, -0.25) is 9.78 Å². The number of hydrogen-bond donors (Lipinski definition) is 3. The van der Waals surface area contributed by atoms with Gasteiger partial charge in [-0.15, -0.1) is 13.2 Å². The van der Waals surface area contributed by atoms with Crippen LogP contribution in [0.25, 0.3) is 22.4 Å². The standard InChI is InChI=1S/C19H15ClF3N2O5P/c1-10-17(20)18(26)16(15(25-10)9-29-31(27)28)12-4-7-14(24-8-12)11-2-5-13(6-3-11)30-19(21,22)23/h2-8,27-28H,9H2,1H3,(H,25,26). The first kappa shape index (κ1) is 23.2. The Morgan fingerprint density at radius 2 is 1.77 bits per heavy atom. The van der Waals surface area contributed by atoms with E-state index < -0.39 is 20.4 Å². The first-order valence-corrected chi connectivity index (χ1v) is 10.1. The highest BCUT2D eigenvalue weighted by molar-refractivity contribution is 7.39. The van der Waals surface area contributed by atoms with Gasteiger partial charge in [-0.2, -0.15) is 0 Å². The second-order valence-corrected chi connectivity index (χ2v) is 7.42. The van der Waals surface area contributed by atoms with Crippen molar-refractivity contribution in [1.29, 1.82) is 0 Å². The van der Waals surface area contributed by atoms with Gasteiger partial charge < -0.3 is 24.0 Å². The fourth-order valence-electron chi connectivity index (χ4n) is 2.84. The molecular weight excluding hydrogens is 460 g/mol. The number of aryl methyl sites for hydroxylation is 1. The molecule has 0 radical (unpaired) electrons. The monoisotopic (exact) mass is 474 g/mol. The number of halogens is 4. The summed E-state index contributed by atoms with van der Waals surface area (Å²) in [5.74, 6) is -0.355. The van der Waals surface area contributed by atoms with Crippen LogP contribution in [0.5, 0.6) is 5.75 Å². The molecule has 3 aromatic rings. The molecule has 0 aliphatic heterocycles. The highest BCUT2D eigenvalue weighted by atomic mass is 35.5. The number of hydrogen-bond acceptors (Lipinski definition) is 6. The Kier molecular flexibility index (Phi) is 6.98. The van der Waals surface area contributed by atoms with E-state index in [1.807, 2.05) is 0 Å². The Morgan fingerprint density at radius 3 is 2.32 bits per heavy atom. The maximum atomic E-state index is 12.7. The van der Waals surface area contributed by atoms with E-state index in [0.29, 0.717) is 22.5 Å². The third-order valence-electron chi connectivity index (χ3n) is 4.16. The largest absolute Gasteiger partial charge is 0.573 e. The fraction of sp³-hybridized carbons (Fsp3) is 0.158. The molecule has 0 saturated carbocycles. The lowest BCUT2D eigenvalue weighted by Crippen LogP contribution is -2.16. The van der Waals surface area contributed by atoms with Crippen LogP contribution in [0, 0.1) is 6.92 Å². The van der Waals surface area contributed by atoms with E-state index in [1.54, 1.807) is 19.1 Å². The van der Waals surface area contributed by atoms with Crippen LogP contribution in [0.2, 0.25) is 5.02 Å². The molecule has 0 bridgehead atoms. The number of ether oxygens (including phenoxy) is 1. The minimum atomic E-state index is -4.78. The minimum absolute atomic E-state index is 0.0293. The van der Waals surface area contributed by atoms with Crippen molar-refractivity contribution < 1.29 is 32.2 Å². The molecule has 7 nitrogen and oxygen atoms in total. The normalized spacial score (nSPS) is 11.7. The van der Waals surface area contributed by atoms with E-state index in [9.17, 15) is 18.0 Å². The maximum Gasteiger partial charge on any atom is 0.573 e. The Hall–Kier alpha value is -2.49. The van der Waals surface area contributed by atoms with E-state index >= 15 is 0 Å². The van der Waals surface area contributed by atoms with Crippen molar-refractivity contribution in [3.8, 4) is 28.1 Å². The van der Waals surface area contributed by atoms with Crippen LogP contribution in [0.4, 0.5) is 13.2 Å². The van der Waals surface area contributed by atoms with Crippen LogP contribution in [-0.2, 0) is 11.1 Å². The van der Waals surface area contributed by atoms with E-state index in [1.165, 1.54) is 30.5 Å². The lowest BCUT2D eigenvalue weighted by molar-refractivity contribution is -0.274. The zero-order valence-electron chi connectivity index (χ0n) is 15.8. The van der Waals surface area contributed by atoms with Crippen LogP contribution in [0.3, 0.4) is 0 Å². The van der Waals surface area contributed by atoms with E-state index in [2.05, 4.69) is 14.7 Å². The summed E-state index contributed by atoms with van der Waals surface area (Å²) in [5.41, 5.74) is 1.71. The Balaban J connectivity index is 1.93. The van der Waals surface area contributed by atoms with Gasteiger partial charge >= 0.3 is 15.0 Å². The van der Waals surface area contributed by atoms with Crippen LogP contribution >= 0.6 is 20.2 Å². The van der Waals surface area contributed by atoms with Gasteiger partial charge in [0.2, 0.25) is 5.43 Å². The predicted octanol–water partition coefficient (Wildman–Crippen LogP) is 4.69. The molecule has 1 aromatic carbocycles. The molecule has 0 aliphatic rings. The number of alkyl halides is 3. The van der Waals surface area contributed by atoms with Crippen molar-refractivity contribution in [1.82, 2.24) is 9.97 Å². The van der Waals surface area contributed by atoms with Crippen molar-refractivity contribution in [3.05, 3.63) is 69.2 Å². The fourth-order valence-corrected chi connectivity index (χ4v) is 3.22. The number of benzene rings is 1. The summed E-state index contributed by atoms with van der Waals surface area (Å²) in [6.07, 6.45) is -3.38. The zero-order valence-corrected chi connectivity index (χ0v) is 17.4.